The lowest BCUT2D eigenvalue weighted by atomic mass is 10.1. The number of carbonyl (C=O) groups excluding carboxylic acids is 1. The molecule has 1 rings (SSSR count). The molecular formula is C9H5BrClF3O. The summed E-state index contributed by atoms with van der Waals surface area (Å²) in [6.07, 6.45) is -4.45. The molecule has 82 valence electrons. The van der Waals surface area contributed by atoms with Gasteiger partial charge in [0, 0.05) is 10.0 Å². The summed E-state index contributed by atoms with van der Waals surface area (Å²) in [5.74, 6) is 0. The van der Waals surface area contributed by atoms with Crippen LogP contribution in [0.15, 0.2) is 16.6 Å². The zero-order valence-corrected chi connectivity index (χ0v) is 9.79. The van der Waals surface area contributed by atoms with Crippen LogP contribution in [-0.2, 0) is 6.18 Å². The number of halogens is 5. The Morgan fingerprint density at radius 3 is 2.33 bits per heavy atom. The molecule has 0 unspecified atom stereocenters. The minimum absolute atomic E-state index is 0.0662. The first-order chi connectivity index (χ1) is 6.73. The number of rotatable bonds is 1. The Kier molecular flexibility index (Phi) is 3.45. The first kappa shape index (κ1) is 12.5. The van der Waals surface area contributed by atoms with Gasteiger partial charge in [-0.3, -0.25) is 4.79 Å². The summed E-state index contributed by atoms with van der Waals surface area (Å²) in [6.45, 7) is 1.40. The fourth-order valence-electron chi connectivity index (χ4n) is 1.11. The van der Waals surface area contributed by atoms with Gasteiger partial charge in [-0.05, 0) is 36.2 Å². The van der Waals surface area contributed by atoms with Gasteiger partial charge in [0.1, 0.15) is 0 Å². The topological polar surface area (TPSA) is 17.1 Å². The van der Waals surface area contributed by atoms with Gasteiger partial charge in [-0.25, -0.2) is 0 Å². The molecule has 0 aromatic heterocycles. The standard InChI is InChI=1S/C9H5BrClF3O/c1-4-2-6(9(12,13)14)7(10)3-5(4)8(11)15/h2-3H,1H3. The lowest BCUT2D eigenvalue weighted by molar-refractivity contribution is -0.138. The van der Waals surface area contributed by atoms with E-state index in [0.29, 0.717) is 0 Å². The maximum absolute atomic E-state index is 12.4. The Morgan fingerprint density at radius 2 is 1.93 bits per heavy atom. The van der Waals surface area contributed by atoms with Crippen molar-refractivity contribution < 1.29 is 18.0 Å². The maximum Gasteiger partial charge on any atom is 0.417 e. The predicted molar refractivity (Wildman–Crippen MR) is 54.1 cm³/mol. The third-order valence-corrected chi connectivity index (χ3v) is 2.69. The molecule has 0 saturated heterocycles. The van der Waals surface area contributed by atoms with Gasteiger partial charge in [0.15, 0.2) is 0 Å². The van der Waals surface area contributed by atoms with Gasteiger partial charge in [-0.1, -0.05) is 15.9 Å². The van der Waals surface area contributed by atoms with Gasteiger partial charge in [0.25, 0.3) is 5.24 Å². The van der Waals surface area contributed by atoms with Crippen LogP contribution in [0.25, 0.3) is 0 Å². The fourth-order valence-corrected chi connectivity index (χ4v) is 1.88. The number of hydrogen-bond acceptors (Lipinski definition) is 1. The molecule has 15 heavy (non-hydrogen) atoms. The number of carbonyl (C=O) groups is 1. The molecule has 1 aromatic carbocycles. The van der Waals surface area contributed by atoms with E-state index in [4.69, 9.17) is 11.6 Å². The van der Waals surface area contributed by atoms with Crippen LogP contribution in [0.1, 0.15) is 21.5 Å². The molecule has 0 heterocycles. The van der Waals surface area contributed by atoms with Crippen molar-refractivity contribution in [3.05, 3.63) is 33.3 Å². The van der Waals surface area contributed by atoms with Gasteiger partial charge in [0.05, 0.1) is 5.56 Å². The van der Waals surface area contributed by atoms with E-state index in [-0.39, 0.29) is 15.6 Å². The molecule has 0 amide bonds. The molecule has 6 heteroatoms. The summed E-state index contributed by atoms with van der Waals surface area (Å²) in [5.41, 5.74) is -0.552. The predicted octanol–water partition coefficient (Wildman–Crippen LogP) is 4.16. The van der Waals surface area contributed by atoms with E-state index in [2.05, 4.69) is 15.9 Å². The zero-order chi connectivity index (χ0) is 11.8. The third kappa shape index (κ3) is 2.72. The first-order valence-corrected chi connectivity index (χ1v) is 4.97. The summed E-state index contributed by atoms with van der Waals surface area (Å²) in [5, 5.41) is -0.776. The quantitative estimate of drug-likeness (QED) is 0.712. The van der Waals surface area contributed by atoms with E-state index in [1.54, 1.807) is 0 Å². The van der Waals surface area contributed by atoms with Crippen LogP contribution in [0.2, 0.25) is 0 Å². The Labute approximate surface area is 97.4 Å². The highest BCUT2D eigenvalue weighted by atomic mass is 79.9. The molecule has 0 N–H and O–H groups in total. The van der Waals surface area contributed by atoms with Crippen LogP contribution in [0, 0.1) is 6.92 Å². The van der Waals surface area contributed by atoms with E-state index in [9.17, 15) is 18.0 Å². The van der Waals surface area contributed by atoms with Crippen molar-refractivity contribution in [3.8, 4) is 0 Å². The third-order valence-electron chi connectivity index (χ3n) is 1.83. The molecule has 0 saturated carbocycles. The van der Waals surface area contributed by atoms with Crippen molar-refractivity contribution >= 4 is 32.8 Å². The number of aryl methyl sites for hydroxylation is 1. The van der Waals surface area contributed by atoms with Gasteiger partial charge >= 0.3 is 6.18 Å². The Balaban J connectivity index is 3.39. The van der Waals surface area contributed by atoms with Crippen LogP contribution >= 0.6 is 27.5 Å². The summed E-state index contributed by atoms with van der Waals surface area (Å²) in [4.78, 5) is 10.8. The second-order valence-electron chi connectivity index (χ2n) is 2.92. The van der Waals surface area contributed by atoms with Crippen molar-refractivity contribution in [1.29, 1.82) is 0 Å². The van der Waals surface area contributed by atoms with Crippen molar-refractivity contribution in [2.75, 3.05) is 0 Å². The monoisotopic (exact) mass is 300 g/mol. The van der Waals surface area contributed by atoms with Gasteiger partial charge in [-0.15, -0.1) is 0 Å². The van der Waals surface area contributed by atoms with Crippen molar-refractivity contribution in [3.63, 3.8) is 0 Å². The highest BCUT2D eigenvalue weighted by Gasteiger charge is 2.33. The van der Waals surface area contributed by atoms with Crippen LogP contribution in [0.3, 0.4) is 0 Å². The largest absolute Gasteiger partial charge is 0.417 e. The molecular weight excluding hydrogens is 296 g/mol. The summed E-state index contributed by atoms with van der Waals surface area (Å²) >= 11 is 7.96. The average molecular weight is 301 g/mol. The first-order valence-electron chi connectivity index (χ1n) is 3.80. The van der Waals surface area contributed by atoms with Crippen molar-refractivity contribution in [2.24, 2.45) is 0 Å². The van der Waals surface area contributed by atoms with Gasteiger partial charge < -0.3 is 0 Å². The maximum atomic E-state index is 12.4. The summed E-state index contributed by atoms with van der Waals surface area (Å²) < 4.78 is 37.1. The smallest absolute Gasteiger partial charge is 0.276 e. The lowest BCUT2D eigenvalue weighted by Crippen LogP contribution is -2.08. The lowest BCUT2D eigenvalue weighted by Gasteiger charge is -2.11. The second-order valence-corrected chi connectivity index (χ2v) is 4.12. The average Bonchev–Trinajstić information content (AvgIpc) is 2.06. The Hall–Kier alpha value is -0.550. The van der Waals surface area contributed by atoms with E-state index < -0.39 is 17.0 Å². The highest BCUT2D eigenvalue weighted by molar-refractivity contribution is 9.10. The molecule has 0 bridgehead atoms. The van der Waals surface area contributed by atoms with E-state index in [1.165, 1.54) is 6.92 Å². The Bertz CT molecular complexity index is 415. The molecule has 0 fully saturated rings. The van der Waals surface area contributed by atoms with Crippen molar-refractivity contribution in [2.45, 2.75) is 13.1 Å². The second kappa shape index (κ2) is 4.14. The molecule has 1 aromatic rings. The molecule has 0 radical (unpaired) electrons. The van der Waals surface area contributed by atoms with Crippen LogP contribution in [0.5, 0.6) is 0 Å². The molecule has 0 spiro atoms. The number of benzene rings is 1. The molecule has 1 nitrogen and oxygen atoms in total. The Morgan fingerprint density at radius 1 is 1.40 bits per heavy atom. The van der Waals surface area contributed by atoms with E-state index >= 15 is 0 Å². The number of hydrogen-bond donors (Lipinski definition) is 0. The minimum Gasteiger partial charge on any atom is -0.276 e. The van der Waals surface area contributed by atoms with Crippen LogP contribution in [0.4, 0.5) is 13.2 Å². The van der Waals surface area contributed by atoms with E-state index in [1.807, 2.05) is 0 Å². The van der Waals surface area contributed by atoms with Gasteiger partial charge in [-0.2, -0.15) is 13.2 Å². The van der Waals surface area contributed by atoms with Crippen LogP contribution in [-0.4, -0.2) is 5.24 Å². The highest BCUT2D eigenvalue weighted by Crippen LogP contribution is 2.36. The summed E-state index contributed by atoms with van der Waals surface area (Å²) in [6, 6.07) is 1.97. The summed E-state index contributed by atoms with van der Waals surface area (Å²) in [7, 11) is 0. The molecule has 0 aliphatic carbocycles. The van der Waals surface area contributed by atoms with E-state index in [0.717, 1.165) is 12.1 Å². The molecule has 0 aliphatic rings. The number of alkyl halides is 3. The zero-order valence-electron chi connectivity index (χ0n) is 7.45. The minimum atomic E-state index is -4.45. The normalized spacial score (nSPS) is 11.6. The van der Waals surface area contributed by atoms with Crippen LogP contribution < -0.4 is 0 Å². The fraction of sp³-hybridized carbons (Fsp3) is 0.222. The molecule has 0 aliphatic heterocycles. The SMILES string of the molecule is Cc1cc(C(F)(F)F)c(Br)cc1C(=O)Cl. The van der Waals surface area contributed by atoms with Crippen molar-refractivity contribution in [1.82, 2.24) is 0 Å². The van der Waals surface area contributed by atoms with Gasteiger partial charge in [0.2, 0.25) is 0 Å². The molecule has 0 atom stereocenters.